The second-order valence-electron chi connectivity index (χ2n) is 7.06. The Morgan fingerprint density at radius 2 is 1.67 bits per heavy atom. The maximum Gasteiger partial charge on any atom is 0.271 e. The number of non-ortho nitro benzene ring substituents is 2. The topological polar surface area (TPSA) is 175 Å². The second kappa shape index (κ2) is 11.7. The number of benzene rings is 3. The van der Waals surface area contributed by atoms with E-state index in [1.165, 1.54) is 61.9 Å². The SMILES string of the molecule is COc1cc(/C=N/NC(=O)c2ccc([N+](=O)[O-])cc2)ccc1OCC(=O)Nc1cccc([N+](=O)[O-])c1. The molecule has 3 aromatic carbocycles. The molecule has 0 saturated carbocycles. The normalized spacial score (nSPS) is 10.5. The maximum absolute atomic E-state index is 12.2. The lowest BCUT2D eigenvalue weighted by molar-refractivity contribution is -0.385. The van der Waals surface area contributed by atoms with Gasteiger partial charge in [0, 0.05) is 35.5 Å². The summed E-state index contributed by atoms with van der Waals surface area (Å²) in [5, 5.41) is 27.9. The highest BCUT2D eigenvalue weighted by molar-refractivity contribution is 5.95. The first-order valence-electron chi connectivity index (χ1n) is 10.2. The van der Waals surface area contributed by atoms with Crippen LogP contribution >= 0.6 is 0 Å². The van der Waals surface area contributed by atoms with Gasteiger partial charge in [-0.3, -0.25) is 29.8 Å². The van der Waals surface area contributed by atoms with Crippen molar-refractivity contribution in [3.8, 4) is 11.5 Å². The van der Waals surface area contributed by atoms with Crippen LogP contribution in [-0.4, -0.2) is 41.6 Å². The molecule has 0 aliphatic heterocycles. The summed E-state index contributed by atoms with van der Waals surface area (Å²) in [5.74, 6) is -0.525. The fourth-order valence-electron chi connectivity index (χ4n) is 2.89. The van der Waals surface area contributed by atoms with Crippen molar-refractivity contribution in [2.75, 3.05) is 19.0 Å². The molecule has 0 fully saturated rings. The van der Waals surface area contributed by atoms with Crippen LogP contribution in [0.25, 0.3) is 0 Å². The van der Waals surface area contributed by atoms with E-state index in [1.807, 2.05) is 0 Å². The molecule has 2 N–H and O–H groups in total. The number of methoxy groups -OCH3 is 1. The zero-order valence-electron chi connectivity index (χ0n) is 18.7. The third-order valence-corrected chi connectivity index (χ3v) is 4.61. The molecule has 3 aromatic rings. The van der Waals surface area contributed by atoms with Gasteiger partial charge in [0.1, 0.15) is 0 Å². The van der Waals surface area contributed by atoms with Crippen molar-refractivity contribution in [1.29, 1.82) is 0 Å². The molecular formula is C23H19N5O8. The smallest absolute Gasteiger partial charge is 0.271 e. The van der Waals surface area contributed by atoms with E-state index >= 15 is 0 Å². The van der Waals surface area contributed by atoms with Crippen molar-refractivity contribution in [2.45, 2.75) is 0 Å². The number of anilines is 1. The van der Waals surface area contributed by atoms with Gasteiger partial charge in [-0.15, -0.1) is 0 Å². The van der Waals surface area contributed by atoms with E-state index in [0.717, 1.165) is 0 Å². The molecule has 0 aliphatic carbocycles. The van der Waals surface area contributed by atoms with Crippen LogP contribution in [-0.2, 0) is 4.79 Å². The van der Waals surface area contributed by atoms with Crippen LogP contribution in [0.3, 0.4) is 0 Å². The summed E-state index contributed by atoms with van der Waals surface area (Å²) in [6.45, 7) is -0.377. The molecule has 13 heteroatoms. The first-order chi connectivity index (χ1) is 17.3. The molecule has 0 saturated heterocycles. The van der Waals surface area contributed by atoms with E-state index in [9.17, 15) is 29.8 Å². The van der Waals surface area contributed by atoms with Gasteiger partial charge >= 0.3 is 0 Å². The number of hydrogen-bond donors (Lipinski definition) is 2. The van der Waals surface area contributed by atoms with Crippen molar-refractivity contribution in [1.82, 2.24) is 5.43 Å². The number of nitro benzene ring substituents is 2. The van der Waals surface area contributed by atoms with Gasteiger partial charge in [0.2, 0.25) is 0 Å². The van der Waals surface area contributed by atoms with Crippen LogP contribution in [0.5, 0.6) is 11.5 Å². The summed E-state index contributed by atoms with van der Waals surface area (Å²) in [4.78, 5) is 44.7. The van der Waals surface area contributed by atoms with Gasteiger partial charge in [-0.2, -0.15) is 5.10 Å². The molecule has 0 unspecified atom stereocenters. The zero-order chi connectivity index (χ0) is 26.1. The molecular weight excluding hydrogens is 474 g/mol. The molecule has 0 spiro atoms. The van der Waals surface area contributed by atoms with Crippen LogP contribution in [0, 0.1) is 20.2 Å². The van der Waals surface area contributed by atoms with Gasteiger partial charge in [0.05, 0.1) is 23.2 Å². The minimum atomic E-state index is -0.566. The largest absolute Gasteiger partial charge is 0.493 e. The molecule has 0 atom stereocenters. The van der Waals surface area contributed by atoms with E-state index in [1.54, 1.807) is 18.2 Å². The fraction of sp³-hybridized carbons (Fsp3) is 0.0870. The van der Waals surface area contributed by atoms with E-state index < -0.39 is 21.7 Å². The number of hydrogen-bond acceptors (Lipinski definition) is 9. The zero-order valence-corrected chi connectivity index (χ0v) is 18.7. The van der Waals surface area contributed by atoms with Crippen molar-refractivity contribution in [2.24, 2.45) is 5.10 Å². The molecule has 0 bridgehead atoms. The number of nitrogens with zero attached hydrogens (tertiary/aromatic N) is 3. The maximum atomic E-state index is 12.2. The minimum absolute atomic E-state index is 0.133. The van der Waals surface area contributed by atoms with Crippen molar-refractivity contribution >= 4 is 35.1 Å². The predicted molar refractivity (Wildman–Crippen MR) is 128 cm³/mol. The molecule has 0 aliphatic rings. The van der Waals surface area contributed by atoms with Crippen LogP contribution in [0.1, 0.15) is 15.9 Å². The third kappa shape index (κ3) is 6.84. The van der Waals surface area contributed by atoms with Crippen LogP contribution in [0.15, 0.2) is 71.8 Å². The first-order valence-corrected chi connectivity index (χ1v) is 10.2. The Hall–Kier alpha value is -5.33. The summed E-state index contributed by atoms with van der Waals surface area (Å²) in [7, 11) is 1.41. The number of carbonyl (C=O) groups excluding carboxylic acids is 2. The summed E-state index contributed by atoms with van der Waals surface area (Å²) < 4.78 is 10.8. The lowest BCUT2D eigenvalue weighted by Crippen LogP contribution is -2.20. The molecule has 184 valence electrons. The number of nitro groups is 2. The number of amides is 2. The Labute approximate surface area is 203 Å². The van der Waals surface area contributed by atoms with E-state index in [2.05, 4.69) is 15.8 Å². The van der Waals surface area contributed by atoms with Gasteiger partial charge in [-0.25, -0.2) is 5.43 Å². The Kier molecular flexibility index (Phi) is 8.22. The van der Waals surface area contributed by atoms with Crippen molar-refractivity contribution < 1.29 is 28.9 Å². The lowest BCUT2D eigenvalue weighted by Gasteiger charge is -2.11. The Balaban J connectivity index is 1.56. The lowest BCUT2D eigenvalue weighted by atomic mass is 10.2. The number of rotatable bonds is 10. The van der Waals surface area contributed by atoms with Gasteiger partial charge in [-0.05, 0) is 42.0 Å². The highest BCUT2D eigenvalue weighted by Gasteiger charge is 2.12. The second-order valence-corrected chi connectivity index (χ2v) is 7.06. The molecule has 0 radical (unpaired) electrons. The summed E-state index contributed by atoms with van der Waals surface area (Å²) in [5.41, 5.74) is 3.03. The van der Waals surface area contributed by atoms with Crippen molar-refractivity contribution in [3.63, 3.8) is 0 Å². The molecule has 3 rings (SSSR count). The van der Waals surface area contributed by atoms with Gasteiger partial charge in [0.25, 0.3) is 23.2 Å². The molecule has 36 heavy (non-hydrogen) atoms. The highest BCUT2D eigenvalue weighted by Crippen LogP contribution is 2.27. The Bertz CT molecular complexity index is 1320. The molecule has 0 heterocycles. The summed E-state index contributed by atoms with van der Waals surface area (Å²) in [6.07, 6.45) is 1.35. The van der Waals surface area contributed by atoms with E-state index in [-0.39, 0.29) is 35.0 Å². The monoisotopic (exact) mass is 493 g/mol. The standard InChI is InChI=1S/C23H19N5O8/c1-35-21-11-15(13-24-26-23(30)16-6-8-18(9-7-16)27(31)32)5-10-20(21)36-14-22(29)25-17-3-2-4-19(12-17)28(33)34/h2-13H,14H2,1H3,(H,25,29)(H,26,30)/b24-13+. The van der Waals surface area contributed by atoms with Gasteiger partial charge in [-0.1, -0.05) is 6.07 Å². The number of hydrazone groups is 1. The number of carbonyl (C=O) groups is 2. The van der Waals surface area contributed by atoms with Gasteiger partial charge in [0.15, 0.2) is 18.1 Å². The summed E-state index contributed by atoms with van der Waals surface area (Å²) in [6, 6.07) is 15.3. The van der Waals surface area contributed by atoms with Gasteiger partial charge < -0.3 is 14.8 Å². The first kappa shape index (κ1) is 25.3. The van der Waals surface area contributed by atoms with Crippen LogP contribution < -0.4 is 20.2 Å². The quantitative estimate of drug-likeness (QED) is 0.246. The molecule has 0 aromatic heterocycles. The molecule has 13 nitrogen and oxygen atoms in total. The average molecular weight is 493 g/mol. The average Bonchev–Trinajstić information content (AvgIpc) is 2.87. The number of ether oxygens (including phenoxy) is 2. The predicted octanol–water partition coefficient (Wildman–Crippen LogP) is 3.29. The number of nitrogens with one attached hydrogen (secondary N) is 2. The minimum Gasteiger partial charge on any atom is -0.493 e. The summed E-state index contributed by atoms with van der Waals surface area (Å²) >= 11 is 0. The third-order valence-electron chi connectivity index (χ3n) is 4.61. The van der Waals surface area contributed by atoms with Crippen LogP contribution in [0.4, 0.5) is 17.1 Å². The highest BCUT2D eigenvalue weighted by atomic mass is 16.6. The Morgan fingerprint density at radius 3 is 2.33 bits per heavy atom. The van der Waals surface area contributed by atoms with Crippen LogP contribution in [0.2, 0.25) is 0 Å². The fourth-order valence-corrected chi connectivity index (χ4v) is 2.89. The molecule has 2 amide bonds. The van der Waals surface area contributed by atoms with Crippen molar-refractivity contribution in [3.05, 3.63) is 98.1 Å². The Morgan fingerprint density at radius 1 is 0.944 bits per heavy atom. The van der Waals surface area contributed by atoms with E-state index in [4.69, 9.17) is 9.47 Å². The van der Waals surface area contributed by atoms with E-state index in [0.29, 0.717) is 11.3 Å².